The van der Waals surface area contributed by atoms with Crippen molar-refractivity contribution in [1.29, 1.82) is 0 Å². The van der Waals surface area contributed by atoms with Crippen LogP contribution < -0.4 is 10.2 Å². The summed E-state index contributed by atoms with van der Waals surface area (Å²) in [6.45, 7) is 3.94. The summed E-state index contributed by atoms with van der Waals surface area (Å²) in [4.78, 5) is 15.0. The summed E-state index contributed by atoms with van der Waals surface area (Å²) in [5.41, 5.74) is 6.72. The maximum absolute atomic E-state index is 12.7. The van der Waals surface area contributed by atoms with E-state index in [0.29, 0.717) is 0 Å². The second kappa shape index (κ2) is 13.0. The average molecular weight is 537 g/mol. The van der Waals surface area contributed by atoms with Crippen molar-refractivity contribution in [3.05, 3.63) is 114 Å². The molecule has 2 N–H and O–H groups in total. The fraction of sp³-hybridized carbons (Fsp3) is 0.343. The van der Waals surface area contributed by atoms with Gasteiger partial charge in [-0.1, -0.05) is 79.7 Å². The fourth-order valence-electron chi connectivity index (χ4n) is 6.11. The first kappa shape index (κ1) is 27.7. The van der Waals surface area contributed by atoms with Crippen LogP contribution in [0.15, 0.2) is 97.1 Å². The van der Waals surface area contributed by atoms with Crippen molar-refractivity contribution in [2.24, 2.45) is 11.8 Å². The van der Waals surface area contributed by atoms with Crippen molar-refractivity contribution in [2.75, 3.05) is 30.4 Å². The maximum atomic E-state index is 12.7. The van der Waals surface area contributed by atoms with E-state index in [1.807, 2.05) is 42.5 Å². The van der Waals surface area contributed by atoms with Crippen LogP contribution in [-0.2, 0) is 16.0 Å². The van der Waals surface area contributed by atoms with Crippen molar-refractivity contribution in [1.82, 2.24) is 0 Å². The lowest BCUT2D eigenvalue weighted by Crippen LogP contribution is -2.37. The number of anilines is 2. The summed E-state index contributed by atoms with van der Waals surface area (Å²) in [7, 11) is 1.48. The molecule has 208 valence electrons. The third-order valence-electron chi connectivity index (χ3n) is 8.45. The molecular weight excluding hydrogens is 496 g/mol. The molecule has 1 aliphatic heterocycles. The Balaban J connectivity index is 1.20. The van der Waals surface area contributed by atoms with E-state index < -0.39 is 6.23 Å². The van der Waals surface area contributed by atoms with Gasteiger partial charge in [-0.15, -0.1) is 0 Å². The molecule has 1 saturated heterocycles. The van der Waals surface area contributed by atoms with Gasteiger partial charge in [-0.05, 0) is 78.1 Å². The number of nitrogens with one attached hydrogen (secondary N) is 1. The van der Waals surface area contributed by atoms with Gasteiger partial charge in [0.2, 0.25) is 0 Å². The van der Waals surface area contributed by atoms with Crippen molar-refractivity contribution >= 4 is 22.9 Å². The zero-order chi connectivity index (χ0) is 27.9. The lowest BCUT2D eigenvalue weighted by molar-refractivity contribution is -0.144. The number of carbonyl (C=O) groups is 1. The first-order valence-electron chi connectivity index (χ1n) is 14.5. The van der Waals surface area contributed by atoms with E-state index in [9.17, 15) is 9.90 Å². The zero-order valence-electron chi connectivity index (χ0n) is 23.5. The predicted molar refractivity (Wildman–Crippen MR) is 163 cm³/mol. The van der Waals surface area contributed by atoms with Gasteiger partial charge in [0.25, 0.3) is 0 Å². The van der Waals surface area contributed by atoms with Gasteiger partial charge in [0.05, 0.1) is 13.0 Å². The summed E-state index contributed by atoms with van der Waals surface area (Å²) in [6.07, 6.45) is 9.28. The number of hydrogen-bond acceptors (Lipinski definition) is 5. The van der Waals surface area contributed by atoms with Gasteiger partial charge in [0.15, 0.2) is 0 Å². The first-order chi connectivity index (χ1) is 19.6. The van der Waals surface area contributed by atoms with Crippen LogP contribution in [0.3, 0.4) is 0 Å². The van der Waals surface area contributed by atoms with E-state index in [0.717, 1.165) is 66.8 Å². The van der Waals surface area contributed by atoms with Crippen LogP contribution in [-0.4, -0.2) is 37.5 Å². The van der Waals surface area contributed by atoms with Crippen LogP contribution in [0.1, 0.15) is 48.8 Å². The van der Waals surface area contributed by atoms with E-state index in [2.05, 4.69) is 71.8 Å². The molecule has 0 aromatic heterocycles. The summed E-state index contributed by atoms with van der Waals surface area (Å²) < 4.78 is 5.17. The van der Waals surface area contributed by atoms with Crippen LogP contribution in [0.25, 0.3) is 5.57 Å². The molecule has 5 rings (SSSR count). The van der Waals surface area contributed by atoms with Crippen LogP contribution in [0.2, 0.25) is 0 Å². The van der Waals surface area contributed by atoms with Crippen molar-refractivity contribution < 1.29 is 14.6 Å². The number of rotatable bonds is 9. The van der Waals surface area contributed by atoms with E-state index in [1.165, 1.54) is 12.7 Å². The second-order valence-electron chi connectivity index (χ2n) is 10.8. The van der Waals surface area contributed by atoms with Crippen LogP contribution in [0, 0.1) is 11.8 Å². The van der Waals surface area contributed by atoms with Gasteiger partial charge in [0.1, 0.15) is 6.23 Å². The number of aliphatic hydroxyl groups is 1. The minimum absolute atomic E-state index is 0.0245. The van der Waals surface area contributed by atoms with Crippen molar-refractivity contribution in [2.45, 2.75) is 44.8 Å². The molecular formula is C35H40N2O3. The molecule has 0 spiro atoms. The number of esters is 1. The molecule has 5 nitrogen and oxygen atoms in total. The Labute approximate surface area is 238 Å². The number of hydrogen-bond donors (Lipinski definition) is 2. The quantitative estimate of drug-likeness (QED) is 0.232. The topological polar surface area (TPSA) is 61.8 Å². The first-order valence-corrected chi connectivity index (χ1v) is 14.5. The highest BCUT2D eigenvalue weighted by atomic mass is 16.5. The second-order valence-corrected chi connectivity index (χ2v) is 10.8. The lowest BCUT2D eigenvalue weighted by Gasteiger charge is -2.36. The molecule has 1 fully saturated rings. The number of aliphatic hydroxyl groups excluding tert-OH is 1. The van der Waals surface area contributed by atoms with E-state index >= 15 is 0 Å². The van der Waals surface area contributed by atoms with E-state index in [-0.39, 0.29) is 23.7 Å². The Kier molecular flexibility index (Phi) is 9.02. The SMILES string of the molecule is CCc1ccc(C2=CC=CCC2C(O)Nc2ccc(N3CCC(C(C(=O)OC)c4ccccc4)CC3)cc2)cc1. The molecule has 1 heterocycles. The number of nitrogens with zero attached hydrogens (tertiary/aromatic N) is 1. The minimum atomic E-state index is -0.697. The van der Waals surface area contributed by atoms with Crippen LogP contribution in [0.4, 0.5) is 11.4 Å². The minimum Gasteiger partial charge on any atom is -0.469 e. The molecule has 1 aliphatic carbocycles. The van der Waals surface area contributed by atoms with Gasteiger partial charge >= 0.3 is 5.97 Å². The summed E-state index contributed by atoms with van der Waals surface area (Å²) >= 11 is 0. The highest BCUT2D eigenvalue weighted by Gasteiger charge is 2.33. The van der Waals surface area contributed by atoms with Gasteiger partial charge in [-0.3, -0.25) is 4.79 Å². The van der Waals surface area contributed by atoms with Crippen LogP contribution in [0.5, 0.6) is 0 Å². The molecule has 0 radical (unpaired) electrons. The normalized spacial score (nSPS) is 19.0. The summed E-state index contributed by atoms with van der Waals surface area (Å²) in [5, 5.41) is 14.5. The summed E-state index contributed by atoms with van der Waals surface area (Å²) in [5.74, 6) is -0.140. The molecule has 3 atom stereocenters. The maximum Gasteiger partial charge on any atom is 0.313 e. The Bertz CT molecular complexity index is 1310. The van der Waals surface area contributed by atoms with Crippen molar-refractivity contribution in [3.63, 3.8) is 0 Å². The largest absolute Gasteiger partial charge is 0.469 e. The standard InChI is InChI=1S/C35H40N2O3/c1-3-25-13-15-26(16-14-25)31-11-7-8-12-32(31)34(38)36-29-17-19-30(20-18-29)37-23-21-28(22-24-37)33(35(39)40-2)27-9-5-4-6-10-27/h4-11,13-20,28,32-34,36,38H,3,12,21-24H2,1-2H3. The molecule has 2 aliphatic rings. The molecule has 3 aromatic carbocycles. The van der Waals surface area contributed by atoms with Gasteiger partial charge in [-0.25, -0.2) is 0 Å². The molecule has 3 unspecified atom stereocenters. The number of allylic oxidation sites excluding steroid dienone is 3. The molecule has 0 bridgehead atoms. The Morgan fingerprint density at radius 2 is 1.70 bits per heavy atom. The number of aryl methyl sites for hydroxylation is 1. The number of benzene rings is 3. The number of piperidine rings is 1. The predicted octanol–water partition coefficient (Wildman–Crippen LogP) is 6.81. The van der Waals surface area contributed by atoms with Gasteiger partial charge in [0, 0.05) is 30.4 Å². The number of ether oxygens (including phenoxy) is 1. The highest BCUT2D eigenvalue weighted by Crippen LogP contribution is 2.36. The van der Waals surface area contributed by atoms with E-state index in [4.69, 9.17) is 4.74 Å². The summed E-state index contributed by atoms with van der Waals surface area (Å²) in [6, 6.07) is 27.0. The highest BCUT2D eigenvalue weighted by molar-refractivity contribution is 5.78. The van der Waals surface area contributed by atoms with Gasteiger partial charge < -0.3 is 20.1 Å². The Hall–Kier alpha value is -3.83. The molecule has 0 amide bonds. The molecule has 40 heavy (non-hydrogen) atoms. The number of carbonyl (C=O) groups excluding carboxylic acids is 1. The average Bonchev–Trinajstić information content (AvgIpc) is 3.02. The van der Waals surface area contributed by atoms with Gasteiger partial charge in [-0.2, -0.15) is 0 Å². The number of methoxy groups -OCH3 is 1. The van der Waals surface area contributed by atoms with E-state index in [1.54, 1.807) is 0 Å². The Morgan fingerprint density at radius 1 is 1.00 bits per heavy atom. The molecule has 0 saturated carbocycles. The zero-order valence-corrected chi connectivity index (χ0v) is 23.5. The third kappa shape index (κ3) is 6.31. The fourth-order valence-corrected chi connectivity index (χ4v) is 6.11. The van der Waals surface area contributed by atoms with Crippen molar-refractivity contribution in [3.8, 4) is 0 Å². The van der Waals surface area contributed by atoms with Crippen LogP contribution >= 0.6 is 0 Å². The Morgan fingerprint density at radius 3 is 2.35 bits per heavy atom. The molecule has 5 heteroatoms. The monoisotopic (exact) mass is 536 g/mol. The molecule has 3 aromatic rings. The third-order valence-corrected chi connectivity index (χ3v) is 8.45. The lowest BCUT2D eigenvalue weighted by atomic mass is 9.80. The smallest absolute Gasteiger partial charge is 0.313 e.